The highest BCUT2D eigenvalue weighted by Crippen LogP contribution is 2.37. The average molecular weight is 416 g/mol. The minimum absolute atomic E-state index is 0.249. The van der Waals surface area contributed by atoms with Crippen molar-refractivity contribution in [1.82, 2.24) is 15.0 Å². The van der Waals surface area contributed by atoms with Gasteiger partial charge >= 0.3 is 0 Å². The van der Waals surface area contributed by atoms with Crippen molar-refractivity contribution < 1.29 is 9.84 Å². The lowest BCUT2D eigenvalue weighted by Crippen LogP contribution is -2.34. The van der Waals surface area contributed by atoms with E-state index >= 15 is 0 Å². The molecule has 8 heteroatoms. The number of benzene rings is 1. The number of hydrogen-bond acceptors (Lipinski definition) is 8. The van der Waals surface area contributed by atoms with Crippen LogP contribution in [0.4, 0.5) is 17.3 Å². The molecule has 2 aliphatic heterocycles. The van der Waals surface area contributed by atoms with Crippen molar-refractivity contribution in [3.63, 3.8) is 0 Å². The number of fused-ring (bicyclic) bond motifs is 1. The molecule has 0 unspecified atom stereocenters. The third-order valence-corrected chi connectivity index (χ3v) is 5.46. The Labute approximate surface area is 180 Å². The topological polar surface area (TPSA) is 95.4 Å². The van der Waals surface area contributed by atoms with Gasteiger partial charge in [0.1, 0.15) is 11.4 Å². The van der Waals surface area contributed by atoms with E-state index in [9.17, 15) is 5.11 Å². The van der Waals surface area contributed by atoms with Crippen molar-refractivity contribution in [3.8, 4) is 17.1 Å². The predicted octanol–water partition coefficient (Wildman–Crippen LogP) is 3.39. The van der Waals surface area contributed by atoms with Crippen molar-refractivity contribution >= 4 is 17.3 Å². The van der Waals surface area contributed by atoms with Crippen LogP contribution < -0.4 is 15.5 Å². The highest BCUT2D eigenvalue weighted by molar-refractivity contribution is 5.83. The van der Waals surface area contributed by atoms with E-state index in [2.05, 4.69) is 20.5 Å². The summed E-state index contributed by atoms with van der Waals surface area (Å²) in [7, 11) is 0. The Balaban J connectivity index is 1.46. The fourth-order valence-electron chi connectivity index (χ4n) is 3.82. The van der Waals surface area contributed by atoms with Gasteiger partial charge in [0.15, 0.2) is 17.5 Å². The number of rotatable bonds is 6. The Hall–Kier alpha value is -3.65. The van der Waals surface area contributed by atoms with Crippen LogP contribution >= 0.6 is 0 Å². The molecule has 2 aromatic heterocycles. The first-order chi connectivity index (χ1) is 15.3. The maximum Gasteiger partial charge on any atom is 0.165 e. The van der Waals surface area contributed by atoms with E-state index in [1.165, 1.54) is 0 Å². The largest absolute Gasteiger partial charge is 0.508 e. The van der Waals surface area contributed by atoms with E-state index in [4.69, 9.17) is 14.7 Å². The minimum Gasteiger partial charge on any atom is -0.508 e. The molecule has 4 heterocycles. The number of phenolic OH excluding ortho intramolecular Hbond substituents is 1. The first-order valence-electron chi connectivity index (χ1n) is 10.4. The lowest BCUT2D eigenvalue weighted by molar-refractivity contribution is 0.194. The molecule has 3 N–H and O–H groups in total. The summed E-state index contributed by atoms with van der Waals surface area (Å²) in [6, 6.07) is 11.4. The van der Waals surface area contributed by atoms with Crippen molar-refractivity contribution in [2.75, 3.05) is 35.3 Å². The summed E-state index contributed by atoms with van der Waals surface area (Å²) in [6.07, 6.45) is 9.21. The van der Waals surface area contributed by atoms with Crippen molar-refractivity contribution in [2.45, 2.75) is 18.9 Å². The number of nitrogens with one attached hydrogen (secondary N) is 2. The maximum atomic E-state index is 9.48. The number of anilines is 3. The average Bonchev–Trinajstić information content (AvgIpc) is 3.35. The molecule has 31 heavy (non-hydrogen) atoms. The zero-order chi connectivity index (χ0) is 21.0. The summed E-state index contributed by atoms with van der Waals surface area (Å²) >= 11 is 0. The van der Waals surface area contributed by atoms with Gasteiger partial charge in [0.2, 0.25) is 0 Å². The summed E-state index contributed by atoms with van der Waals surface area (Å²) in [5, 5.41) is 16.3. The van der Waals surface area contributed by atoms with E-state index in [0.29, 0.717) is 19.0 Å². The third kappa shape index (κ3) is 4.15. The first-order valence-corrected chi connectivity index (χ1v) is 10.4. The van der Waals surface area contributed by atoms with Crippen LogP contribution in [0.2, 0.25) is 0 Å². The van der Waals surface area contributed by atoms with E-state index in [1.54, 1.807) is 24.5 Å². The molecule has 1 atom stereocenters. The van der Waals surface area contributed by atoms with Crippen LogP contribution in [0.1, 0.15) is 12.0 Å². The molecule has 1 saturated heterocycles. The predicted molar refractivity (Wildman–Crippen MR) is 120 cm³/mol. The normalized spacial score (nSPS) is 17.3. The monoisotopic (exact) mass is 416 g/mol. The summed E-state index contributed by atoms with van der Waals surface area (Å²) in [6.45, 7) is 2.13. The highest BCUT2D eigenvalue weighted by Gasteiger charge is 2.29. The van der Waals surface area contributed by atoms with Crippen LogP contribution in [0.5, 0.6) is 5.75 Å². The van der Waals surface area contributed by atoms with Crippen LogP contribution in [-0.4, -0.2) is 45.9 Å². The van der Waals surface area contributed by atoms with Crippen molar-refractivity contribution in [2.24, 2.45) is 0 Å². The minimum atomic E-state index is 0.249. The van der Waals surface area contributed by atoms with Gasteiger partial charge in [-0.2, -0.15) is 0 Å². The van der Waals surface area contributed by atoms with E-state index in [1.807, 2.05) is 36.7 Å². The van der Waals surface area contributed by atoms with Gasteiger partial charge in [0, 0.05) is 43.5 Å². The van der Waals surface area contributed by atoms with Gasteiger partial charge in [-0.3, -0.25) is 4.98 Å². The molecule has 0 radical (unpaired) electrons. The zero-order valence-corrected chi connectivity index (χ0v) is 17.0. The van der Waals surface area contributed by atoms with Crippen LogP contribution in [0.25, 0.3) is 11.4 Å². The van der Waals surface area contributed by atoms with E-state index in [0.717, 1.165) is 47.9 Å². The van der Waals surface area contributed by atoms with Gasteiger partial charge in [0.25, 0.3) is 0 Å². The second-order valence-corrected chi connectivity index (χ2v) is 7.56. The molecule has 0 amide bonds. The number of ether oxygens (including phenoxy) is 1. The van der Waals surface area contributed by atoms with Gasteiger partial charge in [-0.1, -0.05) is 12.1 Å². The molecular formula is C23H24N6O2. The van der Waals surface area contributed by atoms with Gasteiger partial charge in [-0.05, 0) is 42.7 Å². The van der Waals surface area contributed by atoms with E-state index < -0.39 is 0 Å². The molecule has 3 aromatic rings. The van der Waals surface area contributed by atoms with Crippen molar-refractivity contribution in [1.29, 1.82) is 0 Å². The molecule has 158 valence electrons. The molecule has 1 aromatic carbocycles. The number of aromatic hydroxyl groups is 1. The lowest BCUT2D eigenvalue weighted by Gasteiger charge is -2.31. The Bertz CT molecular complexity index is 1070. The number of hydrogen-bond donors (Lipinski definition) is 3. The molecule has 2 aliphatic rings. The third-order valence-electron chi connectivity index (χ3n) is 5.46. The quantitative estimate of drug-likeness (QED) is 0.563. The molecular weight excluding hydrogens is 392 g/mol. The Kier molecular flexibility index (Phi) is 5.37. The smallest absolute Gasteiger partial charge is 0.165 e. The second-order valence-electron chi connectivity index (χ2n) is 7.56. The fourth-order valence-corrected chi connectivity index (χ4v) is 3.82. The molecule has 0 spiro atoms. The SMILES string of the molecule is Oc1ccc(CCNc2nc(-c3cccnc3)nc3c2NC=CN3[C@@H]2CCOC2)cc1. The zero-order valence-electron chi connectivity index (χ0n) is 17.0. The number of pyridine rings is 1. The summed E-state index contributed by atoms with van der Waals surface area (Å²) in [5.74, 6) is 2.48. The van der Waals surface area contributed by atoms with Gasteiger partial charge in [-0.25, -0.2) is 9.97 Å². The Morgan fingerprint density at radius 2 is 2.10 bits per heavy atom. The van der Waals surface area contributed by atoms with Gasteiger partial charge in [0.05, 0.1) is 12.6 Å². The first kappa shape index (κ1) is 19.3. The number of nitrogens with zero attached hydrogens (tertiary/aromatic N) is 4. The number of aromatic nitrogens is 3. The Morgan fingerprint density at radius 3 is 2.87 bits per heavy atom. The number of phenols is 1. The van der Waals surface area contributed by atoms with Crippen molar-refractivity contribution in [3.05, 3.63) is 66.8 Å². The molecule has 5 rings (SSSR count). The standard InChI is InChI=1S/C23H24N6O2/c30-19-5-3-16(4-6-19)7-10-26-22-20-23(28-21(27-22)17-2-1-9-24-14-17)29(12-11-25-20)18-8-13-31-15-18/h1-6,9,11-12,14,18,25,30H,7-8,10,13,15H2,(H,26,27,28)/t18-/m1/s1. The maximum absolute atomic E-state index is 9.48. The molecule has 0 saturated carbocycles. The second kappa shape index (κ2) is 8.61. The molecule has 1 fully saturated rings. The summed E-state index contributed by atoms with van der Waals surface area (Å²) in [4.78, 5) is 16.1. The van der Waals surface area contributed by atoms with Crippen LogP contribution in [0.15, 0.2) is 61.2 Å². The van der Waals surface area contributed by atoms with E-state index in [-0.39, 0.29) is 11.8 Å². The summed E-state index contributed by atoms with van der Waals surface area (Å²) in [5.41, 5.74) is 2.86. The van der Waals surface area contributed by atoms with Crippen LogP contribution in [0.3, 0.4) is 0 Å². The highest BCUT2D eigenvalue weighted by atomic mass is 16.5. The van der Waals surface area contributed by atoms with Crippen LogP contribution in [-0.2, 0) is 11.2 Å². The fraction of sp³-hybridized carbons (Fsp3) is 0.261. The molecule has 0 bridgehead atoms. The lowest BCUT2D eigenvalue weighted by atomic mass is 10.1. The summed E-state index contributed by atoms with van der Waals surface area (Å²) < 4.78 is 5.61. The Morgan fingerprint density at radius 1 is 1.19 bits per heavy atom. The molecule has 8 nitrogen and oxygen atoms in total. The van der Waals surface area contributed by atoms with Crippen LogP contribution in [0, 0.1) is 0 Å². The molecule has 0 aliphatic carbocycles. The van der Waals surface area contributed by atoms with Gasteiger partial charge in [-0.15, -0.1) is 0 Å². The van der Waals surface area contributed by atoms with Gasteiger partial charge < -0.3 is 25.4 Å².